The first-order chi connectivity index (χ1) is 15.0. The smallest absolute Gasteiger partial charge is 0.226 e. The normalized spacial score (nSPS) is 14.2. The predicted molar refractivity (Wildman–Crippen MR) is 127 cm³/mol. The van der Waals surface area contributed by atoms with E-state index in [4.69, 9.17) is 16.0 Å². The highest BCUT2D eigenvalue weighted by molar-refractivity contribution is 6.30. The van der Waals surface area contributed by atoms with Crippen molar-refractivity contribution in [2.75, 3.05) is 39.3 Å². The van der Waals surface area contributed by atoms with Gasteiger partial charge in [-0.05, 0) is 50.2 Å². The minimum Gasteiger partial charge on any atom is -0.441 e. The van der Waals surface area contributed by atoms with Crippen molar-refractivity contribution in [1.29, 1.82) is 0 Å². The van der Waals surface area contributed by atoms with E-state index in [1.165, 1.54) is 0 Å². The van der Waals surface area contributed by atoms with Crippen molar-refractivity contribution in [1.82, 2.24) is 20.1 Å². The molecule has 0 aliphatic carbocycles. The number of carbonyl (C=O) groups excluding carboxylic acids is 1. The van der Waals surface area contributed by atoms with E-state index in [0.717, 1.165) is 62.8 Å². The third kappa shape index (κ3) is 7.63. The SMILES string of the molecule is CC.CCN(CC)CCNC(=O)CC1CN(Cc2nc(-c3ccc(Cl)cc3)oc2C)C1. The highest BCUT2D eigenvalue weighted by Gasteiger charge is 2.29. The molecule has 2 aromatic rings. The maximum Gasteiger partial charge on any atom is 0.226 e. The molecular formula is C24H37ClN4O2. The van der Waals surface area contributed by atoms with Gasteiger partial charge < -0.3 is 14.6 Å². The maximum absolute atomic E-state index is 12.1. The van der Waals surface area contributed by atoms with Gasteiger partial charge in [-0.3, -0.25) is 9.69 Å². The molecule has 1 fully saturated rings. The summed E-state index contributed by atoms with van der Waals surface area (Å²) in [4.78, 5) is 21.4. The summed E-state index contributed by atoms with van der Waals surface area (Å²) in [5.74, 6) is 2.04. The van der Waals surface area contributed by atoms with Crippen molar-refractivity contribution < 1.29 is 9.21 Å². The van der Waals surface area contributed by atoms with Crippen LogP contribution in [0.2, 0.25) is 5.02 Å². The Bertz CT molecular complexity index is 796. The summed E-state index contributed by atoms with van der Waals surface area (Å²) in [6.07, 6.45) is 0.600. The molecular weight excluding hydrogens is 412 g/mol. The summed E-state index contributed by atoms with van der Waals surface area (Å²) in [6.45, 7) is 16.5. The lowest BCUT2D eigenvalue weighted by Gasteiger charge is -2.38. The second-order valence-electron chi connectivity index (χ2n) is 7.67. The van der Waals surface area contributed by atoms with Crippen molar-refractivity contribution in [3.8, 4) is 11.5 Å². The number of likely N-dealkylation sites (N-methyl/N-ethyl adjacent to an activating group) is 1. The zero-order valence-electron chi connectivity index (χ0n) is 19.6. The molecule has 31 heavy (non-hydrogen) atoms. The summed E-state index contributed by atoms with van der Waals surface area (Å²) < 4.78 is 5.83. The molecule has 0 bridgehead atoms. The van der Waals surface area contributed by atoms with Gasteiger partial charge in [0.15, 0.2) is 0 Å². The fourth-order valence-corrected chi connectivity index (χ4v) is 3.79. The third-order valence-electron chi connectivity index (χ3n) is 5.51. The Morgan fingerprint density at radius 1 is 1.23 bits per heavy atom. The van der Waals surface area contributed by atoms with Gasteiger partial charge in [-0.1, -0.05) is 39.3 Å². The molecule has 0 atom stereocenters. The molecule has 0 radical (unpaired) electrons. The summed E-state index contributed by atoms with van der Waals surface area (Å²) >= 11 is 5.95. The molecule has 1 aromatic carbocycles. The number of halogens is 1. The molecule has 6 nitrogen and oxygen atoms in total. The van der Waals surface area contributed by atoms with Crippen molar-refractivity contribution in [3.05, 3.63) is 40.7 Å². The molecule has 0 saturated carbocycles. The lowest BCUT2D eigenvalue weighted by molar-refractivity contribution is -0.123. The van der Waals surface area contributed by atoms with Gasteiger partial charge in [0.25, 0.3) is 0 Å². The molecule has 3 rings (SSSR count). The standard InChI is InChI=1S/C22H31ClN4O2.C2H6/c1-4-26(5-2)11-10-24-21(28)12-17-13-27(14-17)15-20-16(3)29-22(25-20)18-6-8-19(23)9-7-18;1-2/h6-9,17H,4-5,10-15H2,1-3H3,(H,24,28);1-2H3. The maximum atomic E-state index is 12.1. The molecule has 2 heterocycles. The van der Waals surface area contributed by atoms with Gasteiger partial charge in [0.1, 0.15) is 5.76 Å². The summed E-state index contributed by atoms with van der Waals surface area (Å²) in [7, 11) is 0. The van der Waals surface area contributed by atoms with Crippen molar-refractivity contribution in [2.45, 2.75) is 47.6 Å². The molecule has 1 saturated heterocycles. The number of likely N-dealkylation sites (tertiary alicyclic amines) is 1. The number of amides is 1. The van der Waals surface area contributed by atoms with Crippen LogP contribution >= 0.6 is 11.6 Å². The molecule has 0 spiro atoms. The van der Waals surface area contributed by atoms with Crippen LogP contribution in [0.5, 0.6) is 0 Å². The van der Waals surface area contributed by atoms with E-state index in [9.17, 15) is 4.79 Å². The molecule has 1 amide bonds. The topological polar surface area (TPSA) is 61.6 Å². The minimum absolute atomic E-state index is 0.157. The van der Waals surface area contributed by atoms with Crippen LogP contribution < -0.4 is 5.32 Å². The van der Waals surface area contributed by atoms with Gasteiger partial charge >= 0.3 is 0 Å². The second kappa shape index (κ2) is 12.8. The van der Waals surface area contributed by atoms with Crippen LogP contribution in [0.3, 0.4) is 0 Å². The molecule has 1 N–H and O–H groups in total. The number of aromatic nitrogens is 1. The number of hydrogen-bond donors (Lipinski definition) is 1. The summed E-state index contributed by atoms with van der Waals surface area (Å²) in [5, 5.41) is 3.74. The predicted octanol–water partition coefficient (Wildman–Crippen LogP) is 4.61. The molecule has 1 aromatic heterocycles. The van der Waals surface area contributed by atoms with E-state index >= 15 is 0 Å². The largest absolute Gasteiger partial charge is 0.441 e. The number of rotatable bonds is 10. The summed E-state index contributed by atoms with van der Waals surface area (Å²) in [6, 6.07) is 7.50. The van der Waals surface area contributed by atoms with Gasteiger partial charge in [0, 0.05) is 49.7 Å². The Morgan fingerprint density at radius 2 is 1.87 bits per heavy atom. The lowest BCUT2D eigenvalue weighted by atomic mass is 9.95. The van der Waals surface area contributed by atoms with Gasteiger partial charge in [-0.25, -0.2) is 4.98 Å². The Morgan fingerprint density at radius 3 is 2.48 bits per heavy atom. The van der Waals surface area contributed by atoms with E-state index in [1.807, 2.05) is 45.0 Å². The second-order valence-corrected chi connectivity index (χ2v) is 8.11. The molecule has 1 aliphatic heterocycles. The number of oxazole rings is 1. The average molecular weight is 449 g/mol. The zero-order valence-corrected chi connectivity index (χ0v) is 20.3. The van der Waals surface area contributed by atoms with Crippen LogP contribution in [0.25, 0.3) is 11.5 Å². The first kappa shape index (κ1) is 25.4. The number of nitrogens with zero attached hydrogens (tertiary/aromatic N) is 3. The molecule has 1 aliphatic rings. The highest BCUT2D eigenvalue weighted by atomic mass is 35.5. The van der Waals surface area contributed by atoms with E-state index in [2.05, 4.69) is 33.9 Å². The zero-order chi connectivity index (χ0) is 22.8. The van der Waals surface area contributed by atoms with Gasteiger partial charge in [0.2, 0.25) is 11.8 Å². The number of carbonyl (C=O) groups is 1. The molecule has 172 valence electrons. The van der Waals surface area contributed by atoms with Gasteiger partial charge in [-0.15, -0.1) is 0 Å². The first-order valence-corrected chi connectivity index (χ1v) is 11.8. The van der Waals surface area contributed by atoms with Gasteiger partial charge in [0.05, 0.1) is 5.69 Å². The fourth-order valence-electron chi connectivity index (χ4n) is 3.67. The Labute approximate surface area is 192 Å². The Kier molecular flexibility index (Phi) is 10.5. The van der Waals surface area contributed by atoms with Crippen LogP contribution in [0.4, 0.5) is 0 Å². The highest BCUT2D eigenvalue weighted by Crippen LogP contribution is 2.26. The van der Waals surface area contributed by atoms with Crippen molar-refractivity contribution in [2.24, 2.45) is 5.92 Å². The third-order valence-corrected chi connectivity index (χ3v) is 5.76. The van der Waals surface area contributed by atoms with E-state index < -0.39 is 0 Å². The molecule has 7 heteroatoms. The monoisotopic (exact) mass is 448 g/mol. The Balaban J connectivity index is 0.00000166. The van der Waals surface area contributed by atoms with Crippen molar-refractivity contribution >= 4 is 17.5 Å². The number of benzene rings is 1. The van der Waals surface area contributed by atoms with E-state index in [0.29, 0.717) is 23.3 Å². The Hall–Kier alpha value is -1.89. The van der Waals surface area contributed by atoms with E-state index in [1.54, 1.807) is 0 Å². The van der Waals surface area contributed by atoms with Gasteiger partial charge in [-0.2, -0.15) is 0 Å². The van der Waals surface area contributed by atoms with E-state index in [-0.39, 0.29) is 5.91 Å². The number of hydrogen-bond acceptors (Lipinski definition) is 5. The quantitative estimate of drug-likeness (QED) is 0.575. The lowest BCUT2D eigenvalue weighted by Crippen LogP contribution is -2.48. The minimum atomic E-state index is 0.157. The number of aryl methyl sites for hydroxylation is 1. The van der Waals surface area contributed by atoms with Crippen molar-refractivity contribution in [3.63, 3.8) is 0 Å². The summed E-state index contributed by atoms with van der Waals surface area (Å²) in [5.41, 5.74) is 1.88. The van der Waals surface area contributed by atoms with Crippen LogP contribution in [0, 0.1) is 12.8 Å². The van der Waals surface area contributed by atoms with Crippen LogP contribution in [-0.4, -0.2) is 60.0 Å². The number of nitrogens with one attached hydrogen (secondary N) is 1. The van der Waals surface area contributed by atoms with Crippen LogP contribution in [0.15, 0.2) is 28.7 Å². The van der Waals surface area contributed by atoms with Crippen LogP contribution in [0.1, 0.15) is 45.6 Å². The average Bonchev–Trinajstić information content (AvgIpc) is 3.12. The molecule has 0 unspecified atom stereocenters. The van der Waals surface area contributed by atoms with Crippen LogP contribution in [-0.2, 0) is 11.3 Å². The first-order valence-electron chi connectivity index (χ1n) is 11.4. The fraction of sp³-hybridized carbons (Fsp3) is 0.583.